The molecule has 2 fully saturated rings. The molecule has 7 heteroatoms. The normalized spacial score (nSPS) is 21.0. The van der Waals surface area contributed by atoms with Gasteiger partial charge in [0, 0.05) is 38.3 Å². The van der Waals surface area contributed by atoms with Crippen LogP contribution in [0.1, 0.15) is 18.4 Å². The van der Waals surface area contributed by atoms with Gasteiger partial charge in [0.05, 0.1) is 19.3 Å². The zero-order valence-corrected chi connectivity index (χ0v) is 15.4. The number of hydrogen-bond acceptors (Lipinski definition) is 4. The highest BCUT2D eigenvalue weighted by Gasteiger charge is 2.31. The third-order valence-electron chi connectivity index (χ3n) is 4.85. The van der Waals surface area contributed by atoms with Crippen molar-refractivity contribution in [3.63, 3.8) is 0 Å². The van der Waals surface area contributed by atoms with Crippen molar-refractivity contribution >= 4 is 17.6 Å². The Kier molecular flexibility index (Phi) is 6.46. The van der Waals surface area contributed by atoms with E-state index in [0.29, 0.717) is 19.5 Å². The van der Waals surface area contributed by atoms with Crippen molar-refractivity contribution in [2.45, 2.75) is 25.8 Å². The Balaban J connectivity index is 1.36. The molecule has 0 spiro atoms. The van der Waals surface area contributed by atoms with E-state index in [4.69, 9.17) is 4.74 Å². The van der Waals surface area contributed by atoms with Gasteiger partial charge in [0.25, 0.3) is 0 Å². The highest BCUT2D eigenvalue weighted by Crippen LogP contribution is 2.21. The minimum Gasteiger partial charge on any atom is -0.379 e. The zero-order valence-electron chi connectivity index (χ0n) is 15.4. The van der Waals surface area contributed by atoms with Crippen LogP contribution in [-0.4, -0.2) is 68.8 Å². The Bertz CT molecular complexity index is 614. The number of anilines is 1. The minimum atomic E-state index is -0.199. The van der Waals surface area contributed by atoms with E-state index in [1.807, 2.05) is 31.2 Å². The van der Waals surface area contributed by atoms with Gasteiger partial charge in [0.2, 0.25) is 5.91 Å². The summed E-state index contributed by atoms with van der Waals surface area (Å²) in [4.78, 5) is 28.4. The zero-order chi connectivity index (χ0) is 18.4. The molecule has 2 saturated heterocycles. The molecule has 3 amide bonds. The van der Waals surface area contributed by atoms with Crippen molar-refractivity contribution in [1.82, 2.24) is 15.5 Å². The van der Waals surface area contributed by atoms with Gasteiger partial charge in [-0.25, -0.2) is 4.79 Å². The second kappa shape index (κ2) is 9.00. The van der Waals surface area contributed by atoms with Gasteiger partial charge in [-0.3, -0.25) is 9.69 Å². The molecule has 0 bridgehead atoms. The highest BCUT2D eigenvalue weighted by atomic mass is 16.5. The van der Waals surface area contributed by atoms with Crippen LogP contribution in [-0.2, 0) is 9.53 Å². The Hall–Kier alpha value is -2.12. The number of carbonyl (C=O) groups excluding carboxylic acids is 2. The van der Waals surface area contributed by atoms with Gasteiger partial charge >= 0.3 is 6.03 Å². The number of aryl methyl sites for hydroxylation is 1. The van der Waals surface area contributed by atoms with Crippen LogP contribution < -0.4 is 15.5 Å². The highest BCUT2D eigenvalue weighted by molar-refractivity contribution is 5.96. The van der Waals surface area contributed by atoms with E-state index in [1.165, 1.54) is 0 Å². The molecule has 0 saturated carbocycles. The van der Waals surface area contributed by atoms with Crippen LogP contribution in [0.3, 0.4) is 0 Å². The fraction of sp³-hybridized carbons (Fsp3) is 0.579. The van der Waals surface area contributed by atoms with E-state index in [2.05, 4.69) is 15.5 Å². The van der Waals surface area contributed by atoms with Crippen LogP contribution in [0.15, 0.2) is 24.3 Å². The number of hydrogen-bond donors (Lipinski definition) is 2. The van der Waals surface area contributed by atoms with Crippen molar-refractivity contribution in [1.29, 1.82) is 0 Å². The van der Waals surface area contributed by atoms with Crippen molar-refractivity contribution in [2.24, 2.45) is 0 Å². The van der Waals surface area contributed by atoms with E-state index >= 15 is 0 Å². The number of rotatable bonds is 6. The number of carbonyl (C=O) groups is 2. The van der Waals surface area contributed by atoms with Crippen LogP contribution in [0.25, 0.3) is 0 Å². The number of benzene rings is 1. The van der Waals surface area contributed by atoms with Gasteiger partial charge in [-0.05, 0) is 32.0 Å². The van der Waals surface area contributed by atoms with Crippen LogP contribution in [0, 0.1) is 6.92 Å². The van der Waals surface area contributed by atoms with Crippen LogP contribution in [0.4, 0.5) is 10.5 Å². The maximum absolute atomic E-state index is 12.2. The van der Waals surface area contributed by atoms with Crippen LogP contribution >= 0.6 is 0 Å². The molecule has 1 atom stereocenters. The van der Waals surface area contributed by atoms with Crippen LogP contribution in [0.5, 0.6) is 0 Å². The first kappa shape index (κ1) is 18.7. The maximum Gasteiger partial charge on any atom is 0.315 e. The monoisotopic (exact) mass is 360 g/mol. The lowest BCUT2D eigenvalue weighted by Gasteiger charge is -2.26. The summed E-state index contributed by atoms with van der Waals surface area (Å²) in [5.41, 5.74) is 2.04. The molecule has 0 radical (unpaired) electrons. The molecule has 1 aromatic carbocycles. The molecule has 1 aromatic rings. The topological polar surface area (TPSA) is 73.9 Å². The van der Waals surface area contributed by atoms with E-state index < -0.39 is 0 Å². The van der Waals surface area contributed by atoms with Crippen molar-refractivity contribution < 1.29 is 14.3 Å². The molecule has 0 aromatic heterocycles. The van der Waals surface area contributed by atoms with E-state index in [-0.39, 0.29) is 18.0 Å². The second-order valence-corrected chi connectivity index (χ2v) is 6.95. The molecule has 3 rings (SSSR count). The molecular weight excluding hydrogens is 332 g/mol. The van der Waals surface area contributed by atoms with Gasteiger partial charge in [-0.1, -0.05) is 17.7 Å². The quantitative estimate of drug-likeness (QED) is 0.746. The molecule has 142 valence electrons. The molecular formula is C19H28N4O3. The summed E-state index contributed by atoms with van der Waals surface area (Å²) < 4.78 is 5.32. The average Bonchev–Trinajstić information content (AvgIpc) is 3.00. The smallest absolute Gasteiger partial charge is 0.315 e. The van der Waals surface area contributed by atoms with Crippen LogP contribution in [0.2, 0.25) is 0 Å². The van der Waals surface area contributed by atoms with Crippen molar-refractivity contribution in [2.75, 3.05) is 50.8 Å². The third kappa shape index (κ3) is 5.19. The summed E-state index contributed by atoms with van der Waals surface area (Å²) in [6.45, 7) is 7.64. The van der Waals surface area contributed by atoms with Gasteiger partial charge in [-0.15, -0.1) is 0 Å². The summed E-state index contributed by atoms with van der Waals surface area (Å²) in [7, 11) is 0. The SMILES string of the molecule is Cc1ccc(N2C[C@@H](NC(=O)NCCCN3CCOCC3)CC2=O)cc1. The Labute approximate surface area is 154 Å². The standard InChI is InChI=1S/C19H28N4O3/c1-15-3-5-17(6-4-15)23-14-16(13-18(23)24)21-19(25)20-7-2-8-22-9-11-26-12-10-22/h3-6,16H,2,7-14H2,1H3,(H2,20,21,25)/t16-/m0/s1. The number of nitrogens with one attached hydrogen (secondary N) is 2. The molecule has 2 heterocycles. The molecule has 0 aliphatic carbocycles. The predicted octanol–water partition coefficient (Wildman–Crippen LogP) is 1.12. The number of nitrogens with zero attached hydrogens (tertiary/aromatic N) is 2. The molecule has 2 aliphatic rings. The minimum absolute atomic E-state index is 0.0477. The first-order valence-electron chi connectivity index (χ1n) is 9.33. The summed E-state index contributed by atoms with van der Waals surface area (Å²) >= 11 is 0. The molecule has 7 nitrogen and oxygen atoms in total. The average molecular weight is 360 g/mol. The maximum atomic E-state index is 12.2. The summed E-state index contributed by atoms with van der Waals surface area (Å²) in [6.07, 6.45) is 1.25. The molecule has 2 aliphatic heterocycles. The first-order valence-corrected chi connectivity index (χ1v) is 9.33. The Morgan fingerprint density at radius 2 is 1.96 bits per heavy atom. The second-order valence-electron chi connectivity index (χ2n) is 6.95. The molecule has 2 N–H and O–H groups in total. The Morgan fingerprint density at radius 1 is 1.23 bits per heavy atom. The molecule has 0 unspecified atom stereocenters. The lowest BCUT2D eigenvalue weighted by Crippen LogP contribution is -2.44. The number of morpholine rings is 1. The molecule has 26 heavy (non-hydrogen) atoms. The predicted molar refractivity (Wildman–Crippen MR) is 100 cm³/mol. The van der Waals surface area contributed by atoms with E-state index in [0.717, 1.165) is 50.5 Å². The van der Waals surface area contributed by atoms with E-state index in [1.54, 1.807) is 4.90 Å². The van der Waals surface area contributed by atoms with E-state index in [9.17, 15) is 9.59 Å². The number of ether oxygens (including phenoxy) is 1. The number of amides is 3. The summed E-state index contributed by atoms with van der Waals surface area (Å²) in [5.74, 6) is 0.0477. The van der Waals surface area contributed by atoms with Gasteiger partial charge in [0.15, 0.2) is 0 Å². The van der Waals surface area contributed by atoms with Gasteiger partial charge in [-0.2, -0.15) is 0 Å². The number of urea groups is 1. The fourth-order valence-corrected chi connectivity index (χ4v) is 3.34. The van der Waals surface area contributed by atoms with Crippen molar-refractivity contribution in [3.8, 4) is 0 Å². The van der Waals surface area contributed by atoms with Gasteiger partial charge < -0.3 is 20.3 Å². The summed E-state index contributed by atoms with van der Waals surface area (Å²) in [6, 6.07) is 7.52. The lowest BCUT2D eigenvalue weighted by molar-refractivity contribution is -0.117. The summed E-state index contributed by atoms with van der Waals surface area (Å²) in [5, 5.41) is 5.80. The van der Waals surface area contributed by atoms with Crippen molar-refractivity contribution in [3.05, 3.63) is 29.8 Å². The Morgan fingerprint density at radius 3 is 2.69 bits per heavy atom. The van der Waals surface area contributed by atoms with Gasteiger partial charge in [0.1, 0.15) is 0 Å². The first-order chi connectivity index (χ1) is 12.6. The fourth-order valence-electron chi connectivity index (χ4n) is 3.34. The lowest BCUT2D eigenvalue weighted by atomic mass is 10.2. The largest absolute Gasteiger partial charge is 0.379 e. The third-order valence-corrected chi connectivity index (χ3v) is 4.85.